The molecule has 86 valence electrons. The number of anilines is 1. The SMILES string of the molecule is CC(=O)CC(=O)Oc1cc(N(C)C)ccn1. The van der Waals surface area contributed by atoms with Crippen LogP contribution in [0.25, 0.3) is 0 Å². The summed E-state index contributed by atoms with van der Waals surface area (Å²) in [5.41, 5.74) is 0.876. The van der Waals surface area contributed by atoms with Gasteiger partial charge in [0.1, 0.15) is 12.2 Å². The van der Waals surface area contributed by atoms with Crippen molar-refractivity contribution in [3.05, 3.63) is 18.3 Å². The third kappa shape index (κ3) is 3.68. The lowest BCUT2D eigenvalue weighted by molar-refractivity contribution is -0.137. The number of esters is 1. The molecule has 0 bridgehead atoms. The monoisotopic (exact) mass is 222 g/mol. The first-order chi connectivity index (χ1) is 7.49. The van der Waals surface area contributed by atoms with E-state index >= 15 is 0 Å². The van der Waals surface area contributed by atoms with E-state index in [1.807, 2.05) is 19.0 Å². The van der Waals surface area contributed by atoms with E-state index in [9.17, 15) is 9.59 Å². The van der Waals surface area contributed by atoms with Crippen molar-refractivity contribution >= 4 is 17.4 Å². The molecule has 1 heterocycles. The Morgan fingerprint density at radius 1 is 1.44 bits per heavy atom. The molecular weight excluding hydrogens is 208 g/mol. The van der Waals surface area contributed by atoms with Crippen LogP contribution in [-0.2, 0) is 9.59 Å². The minimum atomic E-state index is -0.587. The Kier molecular flexibility index (Phi) is 3.99. The topological polar surface area (TPSA) is 59.5 Å². The van der Waals surface area contributed by atoms with Crippen molar-refractivity contribution in [1.82, 2.24) is 4.98 Å². The van der Waals surface area contributed by atoms with E-state index in [1.54, 1.807) is 18.3 Å². The van der Waals surface area contributed by atoms with Crippen molar-refractivity contribution in [2.24, 2.45) is 0 Å². The van der Waals surface area contributed by atoms with Gasteiger partial charge in [0.05, 0.1) is 0 Å². The van der Waals surface area contributed by atoms with Crippen molar-refractivity contribution in [3.8, 4) is 5.88 Å². The predicted octanol–water partition coefficient (Wildman–Crippen LogP) is 1.03. The summed E-state index contributed by atoms with van der Waals surface area (Å²) in [6, 6.07) is 3.43. The highest BCUT2D eigenvalue weighted by Crippen LogP contribution is 2.16. The number of aromatic nitrogens is 1. The van der Waals surface area contributed by atoms with Gasteiger partial charge < -0.3 is 9.64 Å². The van der Waals surface area contributed by atoms with Gasteiger partial charge in [-0.25, -0.2) is 4.98 Å². The minimum absolute atomic E-state index is 0.206. The molecule has 1 rings (SSSR count). The molecule has 0 spiro atoms. The quantitative estimate of drug-likeness (QED) is 0.562. The standard InChI is InChI=1S/C11H14N2O3/c1-8(14)6-11(15)16-10-7-9(13(2)3)4-5-12-10/h4-5,7H,6H2,1-3H3. The van der Waals surface area contributed by atoms with E-state index in [1.165, 1.54) is 6.92 Å². The molecule has 0 unspecified atom stereocenters. The zero-order chi connectivity index (χ0) is 12.1. The number of hydrogen-bond donors (Lipinski definition) is 0. The number of carbonyl (C=O) groups excluding carboxylic acids is 2. The van der Waals surface area contributed by atoms with E-state index in [4.69, 9.17) is 4.74 Å². The Bertz CT molecular complexity index is 402. The average molecular weight is 222 g/mol. The first-order valence-electron chi connectivity index (χ1n) is 4.82. The van der Waals surface area contributed by atoms with Crippen molar-refractivity contribution in [2.75, 3.05) is 19.0 Å². The minimum Gasteiger partial charge on any atom is -0.407 e. The second kappa shape index (κ2) is 5.25. The van der Waals surface area contributed by atoms with E-state index in [2.05, 4.69) is 4.98 Å². The van der Waals surface area contributed by atoms with Crippen LogP contribution in [0.15, 0.2) is 18.3 Å². The highest BCUT2D eigenvalue weighted by molar-refractivity contribution is 5.94. The fraction of sp³-hybridized carbons (Fsp3) is 0.364. The summed E-state index contributed by atoms with van der Waals surface area (Å²) in [7, 11) is 3.74. The normalized spacial score (nSPS) is 9.69. The zero-order valence-electron chi connectivity index (χ0n) is 9.56. The van der Waals surface area contributed by atoms with Gasteiger partial charge in [0.15, 0.2) is 0 Å². The lowest BCUT2D eigenvalue weighted by Gasteiger charge is -2.12. The Morgan fingerprint density at radius 3 is 2.69 bits per heavy atom. The molecule has 0 radical (unpaired) electrons. The summed E-state index contributed by atoms with van der Waals surface area (Å²) in [5, 5.41) is 0. The molecule has 0 aliphatic heterocycles. The van der Waals surface area contributed by atoms with Crippen LogP contribution < -0.4 is 9.64 Å². The molecule has 0 N–H and O–H groups in total. The first kappa shape index (κ1) is 12.2. The Morgan fingerprint density at radius 2 is 2.12 bits per heavy atom. The van der Waals surface area contributed by atoms with E-state index in [-0.39, 0.29) is 18.1 Å². The molecule has 0 atom stereocenters. The highest BCUT2D eigenvalue weighted by Gasteiger charge is 2.09. The van der Waals surface area contributed by atoms with Gasteiger partial charge in [-0.15, -0.1) is 0 Å². The van der Waals surface area contributed by atoms with Crippen LogP contribution in [0.5, 0.6) is 5.88 Å². The predicted molar refractivity (Wildman–Crippen MR) is 59.5 cm³/mol. The van der Waals surface area contributed by atoms with Crippen LogP contribution in [-0.4, -0.2) is 30.8 Å². The Labute approximate surface area is 94.0 Å². The number of carbonyl (C=O) groups is 2. The third-order valence-corrected chi connectivity index (χ3v) is 1.85. The summed E-state index contributed by atoms with van der Waals surface area (Å²) in [6.45, 7) is 1.34. The van der Waals surface area contributed by atoms with Crippen molar-refractivity contribution < 1.29 is 14.3 Å². The Hall–Kier alpha value is -1.91. The second-order valence-electron chi connectivity index (χ2n) is 3.60. The molecule has 0 amide bonds. The molecule has 16 heavy (non-hydrogen) atoms. The molecule has 0 aromatic carbocycles. The lowest BCUT2D eigenvalue weighted by atomic mass is 10.3. The number of ether oxygens (including phenoxy) is 1. The molecule has 0 saturated carbocycles. The van der Waals surface area contributed by atoms with E-state index in [0.717, 1.165) is 5.69 Å². The summed E-state index contributed by atoms with van der Waals surface area (Å²) in [6.07, 6.45) is 1.32. The number of pyridine rings is 1. The Balaban J connectivity index is 2.70. The summed E-state index contributed by atoms with van der Waals surface area (Å²) < 4.78 is 4.92. The molecule has 0 fully saturated rings. The number of Topliss-reactive ketones (excluding diaryl/α,β-unsaturated/α-hetero) is 1. The summed E-state index contributed by atoms with van der Waals surface area (Å²) in [4.78, 5) is 27.7. The van der Waals surface area contributed by atoms with Crippen molar-refractivity contribution in [3.63, 3.8) is 0 Å². The van der Waals surface area contributed by atoms with Gasteiger partial charge in [-0.3, -0.25) is 9.59 Å². The largest absolute Gasteiger partial charge is 0.407 e. The van der Waals surface area contributed by atoms with Gasteiger partial charge in [-0.05, 0) is 13.0 Å². The van der Waals surface area contributed by atoms with Gasteiger partial charge in [-0.1, -0.05) is 0 Å². The maximum absolute atomic E-state index is 11.2. The molecule has 1 aromatic heterocycles. The summed E-state index contributed by atoms with van der Waals surface area (Å²) in [5.74, 6) is -0.609. The van der Waals surface area contributed by atoms with Gasteiger partial charge in [0.2, 0.25) is 5.88 Å². The molecule has 5 nitrogen and oxygen atoms in total. The van der Waals surface area contributed by atoms with Crippen LogP contribution in [0.2, 0.25) is 0 Å². The van der Waals surface area contributed by atoms with E-state index < -0.39 is 5.97 Å². The molecular formula is C11H14N2O3. The van der Waals surface area contributed by atoms with Gasteiger partial charge >= 0.3 is 5.97 Å². The number of ketones is 1. The molecule has 5 heteroatoms. The van der Waals surface area contributed by atoms with Crippen LogP contribution >= 0.6 is 0 Å². The summed E-state index contributed by atoms with van der Waals surface area (Å²) >= 11 is 0. The van der Waals surface area contributed by atoms with Gasteiger partial charge in [0.25, 0.3) is 0 Å². The lowest BCUT2D eigenvalue weighted by Crippen LogP contribution is -2.13. The van der Waals surface area contributed by atoms with E-state index in [0.29, 0.717) is 0 Å². The van der Waals surface area contributed by atoms with Crippen LogP contribution in [0, 0.1) is 0 Å². The van der Waals surface area contributed by atoms with Crippen LogP contribution in [0.4, 0.5) is 5.69 Å². The first-order valence-corrected chi connectivity index (χ1v) is 4.82. The second-order valence-corrected chi connectivity index (χ2v) is 3.60. The fourth-order valence-corrected chi connectivity index (χ4v) is 1.09. The zero-order valence-corrected chi connectivity index (χ0v) is 9.56. The molecule has 0 aliphatic rings. The van der Waals surface area contributed by atoms with Gasteiger partial charge in [0, 0.05) is 32.0 Å². The number of hydrogen-bond acceptors (Lipinski definition) is 5. The maximum Gasteiger partial charge on any atom is 0.320 e. The molecule has 0 aliphatic carbocycles. The van der Waals surface area contributed by atoms with Crippen LogP contribution in [0.1, 0.15) is 13.3 Å². The van der Waals surface area contributed by atoms with Crippen LogP contribution in [0.3, 0.4) is 0 Å². The average Bonchev–Trinajstić information content (AvgIpc) is 2.16. The smallest absolute Gasteiger partial charge is 0.320 e. The number of nitrogens with zero attached hydrogens (tertiary/aromatic N) is 2. The molecule has 1 aromatic rings. The molecule has 0 saturated heterocycles. The number of rotatable bonds is 4. The van der Waals surface area contributed by atoms with Gasteiger partial charge in [-0.2, -0.15) is 0 Å². The van der Waals surface area contributed by atoms with Crippen molar-refractivity contribution in [1.29, 1.82) is 0 Å². The van der Waals surface area contributed by atoms with Crippen molar-refractivity contribution in [2.45, 2.75) is 13.3 Å². The highest BCUT2D eigenvalue weighted by atomic mass is 16.5. The maximum atomic E-state index is 11.2. The third-order valence-electron chi connectivity index (χ3n) is 1.85. The fourth-order valence-electron chi connectivity index (χ4n) is 1.09.